The van der Waals surface area contributed by atoms with Gasteiger partial charge in [0.25, 0.3) is 6.04 Å². The summed E-state index contributed by atoms with van der Waals surface area (Å²) in [4.78, 5) is 32.9. The molecule has 2 aromatic rings. The van der Waals surface area contributed by atoms with Crippen molar-refractivity contribution >= 4 is 22.7 Å². The van der Waals surface area contributed by atoms with Crippen molar-refractivity contribution < 1.29 is 13.9 Å². The van der Waals surface area contributed by atoms with Crippen LogP contribution in [0.15, 0.2) is 49.7 Å². The maximum Gasteiger partial charge on any atom is 0.336 e. The zero-order valence-corrected chi connectivity index (χ0v) is 15.0. The van der Waals surface area contributed by atoms with Crippen LogP contribution >= 0.6 is 0 Å². The second-order valence-electron chi connectivity index (χ2n) is 6.24. The van der Waals surface area contributed by atoms with Gasteiger partial charge in [-0.05, 0) is 26.8 Å². The molecule has 6 heteroatoms. The van der Waals surface area contributed by atoms with Gasteiger partial charge in [0.1, 0.15) is 17.3 Å². The predicted molar refractivity (Wildman–Crippen MR) is 98.2 cm³/mol. The van der Waals surface area contributed by atoms with Crippen LogP contribution in [0.25, 0.3) is 15.8 Å². The number of ether oxygens (including phenoxy) is 1. The number of aliphatic imine (C=N–C) groups is 1. The van der Waals surface area contributed by atoms with E-state index in [9.17, 15) is 9.59 Å². The molecule has 0 amide bonds. The highest BCUT2D eigenvalue weighted by Gasteiger charge is 2.43. The van der Waals surface area contributed by atoms with Crippen molar-refractivity contribution in [1.82, 2.24) is 0 Å². The largest absolute Gasteiger partial charge is 0.466 e. The molecule has 0 saturated heterocycles. The highest BCUT2D eigenvalue weighted by Crippen LogP contribution is 2.39. The molecule has 1 aromatic heterocycles. The molecule has 0 radical (unpaired) electrons. The highest BCUT2D eigenvalue weighted by atomic mass is 16.5. The first-order chi connectivity index (χ1) is 12.4. The number of esters is 1. The summed E-state index contributed by atoms with van der Waals surface area (Å²) in [6.07, 6.45) is 0. The van der Waals surface area contributed by atoms with Crippen LogP contribution in [0.3, 0.4) is 0 Å². The van der Waals surface area contributed by atoms with Gasteiger partial charge in [0.2, 0.25) is 0 Å². The number of nitrogens with zero attached hydrogens (tertiary/aromatic N) is 2. The van der Waals surface area contributed by atoms with Crippen LogP contribution in [-0.4, -0.2) is 24.8 Å². The van der Waals surface area contributed by atoms with E-state index in [4.69, 9.17) is 15.7 Å². The van der Waals surface area contributed by atoms with E-state index in [0.29, 0.717) is 39.3 Å². The van der Waals surface area contributed by atoms with Gasteiger partial charge in [-0.2, -0.15) is 0 Å². The number of methoxy groups -OCH3 is 1. The Kier molecular flexibility index (Phi) is 4.47. The van der Waals surface area contributed by atoms with Crippen molar-refractivity contribution in [2.45, 2.75) is 32.7 Å². The fourth-order valence-electron chi connectivity index (χ4n) is 3.45. The van der Waals surface area contributed by atoms with E-state index >= 15 is 0 Å². The minimum absolute atomic E-state index is 0.161. The monoisotopic (exact) mass is 350 g/mol. The average molecular weight is 350 g/mol. The minimum Gasteiger partial charge on any atom is -0.466 e. The van der Waals surface area contributed by atoms with E-state index < -0.39 is 17.9 Å². The molecule has 0 fully saturated rings. The fraction of sp³-hybridized carbons (Fsp3) is 0.300. The second-order valence-corrected chi connectivity index (χ2v) is 6.24. The maximum absolute atomic E-state index is 12.5. The zero-order chi connectivity index (χ0) is 19.0. The number of allylic oxidation sites excluding steroid dienone is 1. The fourth-order valence-corrected chi connectivity index (χ4v) is 3.45. The van der Waals surface area contributed by atoms with Gasteiger partial charge in [-0.15, -0.1) is 0 Å². The number of hydrogen-bond acceptors (Lipinski definition) is 5. The summed E-state index contributed by atoms with van der Waals surface area (Å²) in [5, 5.41) is 0.416. The van der Waals surface area contributed by atoms with E-state index in [0.717, 1.165) is 0 Å². The molecule has 1 aliphatic rings. The summed E-state index contributed by atoms with van der Waals surface area (Å²) < 4.78 is 10.8. The van der Waals surface area contributed by atoms with Gasteiger partial charge in [0.15, 0.2) is 5.43 Å². The number of carbonyl (C=O) groups excluding carboxylic acids is 1. The molecule has 2 heterocycles. The van der Waals surface area contributed by atoms with Gasteiger partial charge in [0, 0.05) is 17.3 Å². The Bertz CT molecular complexity index is 1070. The summed E-state index contributed by atoms with van der Waals surface area (Å²) in [5.74, 6) is -0.689. The summed E-state index contributed by atoms with van der Waals surface area (Å²) in [5.41, 5.74) is 2.27. The smallest absolute Gasteiger partial charge is 0.336 e. The van der Waals surface area contributed by atoms with Gasteiger partial charge >= 0.3 is 5.97 Å². The number of carbonyl (C=O) groups is 1. The Balaban J connectivity index is 2.38. The lowest BCUT2D eigenvalue weighted by Crippen LogP contribution is -2.32. The van der Waals surface area contributed by atoms with Crippen molar-refractivity contribution in [3.8, 4) is 0 Å². The first-order valence-corrected chi connectivity index (χ1v) is 8.13. The third-order valence-electron chi connectivity index (χ3n) is 4.58. The molecule has 1 aromatic carbocycles. The van der Waals surface area contributed by atoms with Gasteiger partial charge in [-0.25, -0.2) is 11.4 Å². The van der Waals surface area contributed by atoms with Gasteiger partial charge in [-0.3, -0.25) is 9.79 Å². The van der Waals surface area contributed by atoms with Crippen molar-refractivity contribution in [3.05, 3.63) is 68.5 Å². The molecule has 0 bridgehead atoms. The van der Waals surface area contributed by atoms with Crippen LogP contribution in [0.1, 0.15) is 31.1 Å². The number of para-hydroxylation sites is 1. The highest BCUT2D eigenvalue weighted by molar-refractivity contribution is 6.01. The van der Waals surface area contributed by atoms with Gasteiger partial charge in [0.05, 0.1) is 23.8 Å². The lowest BCUT2D eigenvalue weighted by molar-refractivity contribution is -0.136. The molecule has 2 unspecified atom stereocenters. The number of hydrogen-bond donors (Lipinski definition) is 0. The lowest BCUT2D eigenvalue weighted by Gasteiger charge is -2.26. The minimum atomic E-state index is -0.677. The molecule has 0 spiro atoms. The molecular formula is C20H18N2O4. The Hall–Kier alpha value is -3.20. The summed E-state index contributed by atoms with van der Waals surface area (Å²) in [7, 11) is 1.30. The Morgan fingerprint density at radius 3 is 2.69 bits per heavy atom. The third-order valence-corrected chi connectivity index (χ3v) is 4.58. The van der Waals surface area contributed by atoms with Gasteiger partial charge in [-0.1, -0.05) is 12.1 Å². The lowest BCUT2D eigenvalue weighted by atomic mass is 9.79. The van der Waals surface area contributed by atoms with E-state index in [-0.39, 0.29) is 5.43 Å². The van der Waals surface area contributed by atoms with Crippen LogP contribution in [0.2, 0.25) is 0 Å². The van der Waals surface area contributed by atoms with Crippen molar-refractivity contribution in [2.75, 3.05) is 7.11 Å². The third kappa shape index (κ3) is 2.72. The van der Waals surface area contributed by atoms with Crippen LogP contribution < -0.4 is 5.43 Å². The first-order valence-electron chi connectivity index (χ1n) is 8.13. The number of fused-ring (bicyclic) bond motifs is 1. The molecule has 26 heavy (non-hydrogen) atoms. The number of rotatable bonds is 2. The molecular weight excluding hydrogens is 332 g/mol. The van der Waals surface area contributed by atoms with Crippen LogP contribution in [0, 0.1) is 13.5 Å². The molecule has 132 valence electrons. The Morgan fingerprint density at radius 2 is 2.04 bits per heavy atom. The van der Waals surface area contributed by atoms with Crippen molar-refractivity contribution in [1.29, 1.82) is 0 Å². The number of aryl methyl sites for hydroxylation is 1. The maximum atomic E-state index is 12.5. The molecule has 6 nitrogen and oxygen atoms in total. The van der Waals surface area contributed by atoms with Crippen LogP contribution in [0.5, 0.6) is 0 Å². The molecule has 2 atom stereocenters. The second kappa shape index (κ2) is 6.60. The van der Waals surface area contributed by atoms with E-state index in [1.54, 1.807) is 39.0 Å². The van der Waals surface area contributed by atoms with Crippen LogP contribution in [0.4, 0.5) is 0 Å². The molecule has 3 rings (SSSR count). The number of benzene rings is 1. The van der Waals surface area contributed by atoms with E-state index in [1.165, 1.54) is 13.2 Å². The quantitative estimate of drug-likeness (QED) is 0.615. The Labute approximate surface area is 150 Å². The summed E-state index contributed by atoms with van der Waals surface area (Å²) >= 11 is 0. The standard InChI is InChI=1S/C20H18N2O4/c1-10-9-15(23)13-7-6-8-14(19(13)26-10)17-16(20(24)25-5)11(2)22-12(3)18(17)21-4/h6-9,17-18H,1-3,5H3. The van der Waals surface area contributed by atoms with Crippen LogP contribution in [-0.2, 0) is 9.53 Å². The van der Waals surface area contributed by atoms with E-state index in [1.807, 2.05) is 0 Å². The van der Waals surface area contributed by atoms with Gasteiger partial charge < -0.3 is 14.0 Å². The predicted octanol–water partition coefficient (Wildman–Crippen LogP) is 3.39. The molecule has 0 N–H and O–H groups in total. The summed E-state index contributed by atoms with van der Waals surface area (Å²) in [6, 6.07) is 5.94. The zero-order valence-electron chi connectivity index (χ0n) is 15.0. The molecule has 1 aliphatic heterocycles. The first kappa shape index (κ1) is 17.6. The normalized spacial score (nSPS) is 19.9. The van der Waals surface area contributed by atoms with Crippen molar-refractivity contribution in [3.63, 3.8) is 0 Å². The molecule has 0 aliphatic carbocycles. The SMILES string of the molecule is [C-]#[N+]C1C(C)=NC(C)=C(C(=O)OC)C1c1cccc2c(=O)cc(C)oc12. The van der Waals surface area contributed by atoms with E-state index in [2.05, 4.69) is 9.84 Å². The summed E-state index contributed by atoms with van der Waals surface area (Å²) in [6.45, 7) is 12.8. The van der Waals surface area contributed by atoms with Crippen molar-refractivity contribution in [2.24, 2.45) is 4.99 Å². The molecule has 0 saturated carbocycles. The average Bonchev–Trinajstić information content (AvgIpc) is 2.60. The Morgan fingerprint density at radius 1 is 1.31 bits per heavy atom. The topological polar surface area (TPSA) is 73.2 Å².